The lowest BCUT2D eigenvalue weighted by Crippen LogP contribution is -2.39. The molecule has 1 aromatic rings. The Morgan fingerprint density at radius 2 is 2.25 bits per heavy atom. The lowest BCUT2D eigenvalue weighted by molar-refractivity contribution is -0.385. The second-order valence-corrected chi connectivity index (χ2v) is 5.19. The predicted molar refractivity (Wildman–Crippen MR) is 68.9 cm³/mol. The van der Waals surface area contributed by atoms with Crippen molar-refractivity contribution in [1.82, 2.24) is 10.2 Å². The SMILES string of the molecule is O=C(c1ccc(F)cc1[N+](=O)[O-])N1CC[C@H]2CNC[C@H]21. The normalized spacial score (nSPS) is 24.8. The van der Waals surface area contributed by atoms with E-state index in [1.165, 1.54) is 6.07 Å². The Hall–Kier alpha value is -2.02. The van der Waals surface area contributed by atoms with Gasteiger partial charge in [0, 0.05) is 25.7 Å². The molecule has 106 valence electrons. The van der Waals surface area contributed by atoms with Crippen molar-refractivity contribution in [2.24, 2.45) is 5.92 Å². The molecule has 0 bridgehead atoms. The first kappa shape index (κ1) is 13.0. The molecule has 1 amide bonds. The molecule has 0 spiro atoms. The van der Waals surface area contributed by atoms with Gasteiger partial charge in [0.05, 0.1) is 11.0 Å². The Labute approximate surface area is 114 Å². The zero-order valence-electron chi connectivity index (χ0n) is 10.7. The van der Waals surface area contributed by atoms with Crippen LogP contribution in [0.1, 0.15) is 16.8 Å². The number of fused-ring (bicyclic) bond motifs is 1. The van der Waals surface area contributed by atoms with E-state index in [0.29, 0.717) is 19.0 Å². The fourth-order valence-corrected chi connectivity index (χ4v) is 3.09. The van der Waals surface area contributed by atoms with Crippen LogP contribution in [-0.2, 0) is 0 Å². The number of carbonyl (C=O) groups excluding carboxylic acids is 1. The number of nitrogens with zero attached hydrogens (tertiary/aromatic N) is 2. The summed E-state index contributed by atoms with van der Waals surface area (Å²) in [5, 5.41) is 14.2. The van der Waals surface area contributed by atoms with Crippen LogP contribution in [0, 0.1) is 21.8 Å². The summed E-state index contributed by atoms with van der Waals surface area (Å²) in [5.74, 6) is -0.679. The highest BCUT2D eigenvalue weighted by molar-refractivity contribution is 5.98. The van der Waals surface area contributed by atoms with Gasteiger partial charge < -0.3 is 10.2 Å². The van der Waals surface area contributed by atoms with Gasteiger partial charge in [-0.3, -0.25) is 14.9 Å². The summed E-state index contributed by atoms with van der Waals surface area (Å²) in [6.07, 6.45) is 0.901. The third-order valence-corrected chi connectivity index (χ3v) is 4.09. The number of hydrogen-bond acceptors (Lipinski definition) is 4. The van der Waals surface area contributed by atoms with Crippen molar-refractivity contribution in [3.05, 3.63) is 39.7 Å². The zero-order chi connectivity index (χ0) is 14.3. The van der Waals surface area contributed by atoms with Crippen LogP contribution >= 0.6 is 0 Å². The van der Waals surface area contributed by atoms with Crippen LogP contribution in [0.2, 0.25) is 0 Å². The molecule has 7 heteroatoms. The van der Waals surface area contributed by atoms with E-state index in [9.17, 15) is 19.3 Å². The fraction of sp³-hybridized carbons (Fsp3) is 0.462. The molecule has 1 aromatic carbocycles. The molecule has 2 heterocycles. The number of nitrogens with one attached hydrogen (secondary N) is 1. The van der Waals surface area contributed by atoms with E-state index < -0.39 is 16.4 Å². The van der Waals surface area contributed by atoms with E-state index in [-0.39, 0.29) is 17.5 Å². The van der Waals surface area contributed by atoms with Gasteiger partial charge in [-0.25, -0.2) is 4.39 Å². The van der Waals surface area contributed by atoms with Gasteiger partial charge in [0.25, 0.3) is 11.6 Å². The second kappa shape index (κ2) is 4.82. The van der Waals surface area contributed by atoms with Crippen molar-refractivity contribution in [3.63, 3.8) is 0 Å². The molecule has 0 saturated carbocycles. The van der Waals surface area contributed by atoms with Crippen molar-refractivity contribution in [3.8, 4) is 0 Å². The molecule has 3 rings (SSSR count). The minimum Gasteiger partial charge on any atom is -0.334 e. The maximum absolute atomic E-state index is 13.1. The number of halogens is 1. The zero-order valence-corrected chi connectivity index (χ0v) is 10.7. The monoisotopic (exact) mass is 279 g/mol. The van der Waals surface area contributed by atoms with E-state index >= 15 is 0 Å². The van der Waals surface area contributed by atoms with Crippen LogP contribution < -0.4 is 5.32 Å². The van der Waals surface area contributed by atoms with Gasteiger partial charge in [0.15, 0.2) is 0 Å². The molecular weight excluding hydrogens is 265 g/mol. The molecule has 0 aliphatic carbocycles. The number of likely N-dealkylation sites (tertiary alicyclic amines) is 1. The maximum atomic E-state index is 13.1. The number of amides is 1. The predicted octanol–water partition coefficient (Wildman–Crippen LogP) is 1.17. The van der Waals surface area contributed by atoms with Crippen LogP contribution in [0.4, 0.5) is 10.1 Å². The van der Waals surface area contributed by atoms with Crippen LogP contribution in [-0.4, -0.2) is 41.4 Å². The molecule has 2 atom stereocenters. The van der Waals surface area contributed by atoms with Crippen molar-refractivity contribution < 1.29 is 14.1 Å². The van der Waals surface area contributed by atoms with E-state index in [1.54, 1.807) is 4.90 Å². The van der Waals surface area contributed by atoms with E-state index in [0.717, 1.165) is 25.1 Å². The number of rotatable bonds is 2. The number of nitro benzene ring substituents is 1. The summed E-state index contributed by atoms with van der Waals surface area (Å²) in [6, 6.07) is 3.17. The van der Waals surface area contributed by atoms with Crippen molar-refractivity contribution >= 4 is 11.6 Å². The van der Waals surface area contributed by atoms with Gasteiger partial charge in [-0.05, 0) is 24.5 Å². The van der Waals surface area contributed by atoms with E-state index in [4.69, 9.17) is 0 Å². The Kier molecular flexibility index (Phi) is 3.13. The number of benzene rings is 1. The molecule has 20 heavy (non-hydrogen) atoms. The molecule has 2 aliphatic heterocycles. The molecule has 2 fully saturated rings. The second-order valence-electron chi connectivity index (χ2n) is 5.19. The fourth-order valence-electron chi connectivity index (χ4n) is 3.09. The van der Waals surface area contributed by atoms with Gasteiger partial charge in [0.2, 0.25) is 0 Å². The lowest BCUT2D eigenvalue weighted by atomic mass is 10.0. The molecular formula is C13H14FN3O3. The van der Waals surface area contributed by atoms with Gasteiger partial charge in [0.1, 0.15) is 11.4 Å². The molecule has 2 aliphatic rings. The smallest absolute Gasteiger partial charge is 0.285 e. The summed E-state index contributed by atoms with van der Waals surface area (Å²) in [5.41, 5.74) is -0.506. The third-order valence-electron chi connectivity index (χ3n) is 4.09. The average Bonchev–Trinajstić information content (AvgIpc) is 3.00. The van der Waals surface area contributed by atoms with Crippen LogP contribution in [0.25, 0.3) is 0 Å². The quantitative estimate of drug-likeness (QED) is 0.651. The van der Waals surface area contributed by atoms with Gasteiger partial charge >= 0.3 is 0 Å². The highest BCUT2D eigenvalue weighted by Gasteiger charge is 2.41. The highest BCUT2D eigenvalue weighted by atomic mass is 19.1. The van der Waals surface area contributed by atoms with E-state index in [1.807, 2.05) is 0 Å². The molecule has 0 unspecified atom stereocenters. The van der Waals surface area contributed by atoms with Gasteiger partial charge in [-0.1, -0.05) is 0 Å². The molecule has 1 N–H and O–H groups in total. The van der Waals surface area contributed by atoms with Crippen molar-refractivity contribution in [1.29, 1.82) is 0 Å². The van der Waals surface area contributed by atoms with Gasteiger partial charge in [-0.15, -0.1) is 0 Å². The van der Waals surface area contributed by atoms with E-state index in [2.05, 4.69) is 5.32 Å². The standard InChI is InChI=1S/C13H14FN3O3/c14-9-1-2-10(11(5-9)17(19)20)13(18)16-4-3-8-6-15-7-12(8)16/h1-2,5,8,12,15H,3-4,6-7H2/t8-,12+/m0/s1. The Morgan fingerprint density at radius 3 is 3.00 bits per heavy atom. The van der Waals surface area contributed by atoms with Crippen LogP contribution in [0.5, 0.6) is 0 Å². The first-order chi connectivity index (χ1) is 9.58. The number of hydrogen-bond donors (Lipinski definition) is 1. The Balaban J connectivity index is 1.93. The summed E-state index contributed by atoms with van der Waals surface area (Å²) < 4.78 is 13.1. The molecule has 0 aromatic heterocycles. The lowest BCUT2D eigenvalue weighted by Gasteiger charge is -2.23. The minimum atomic E-state index is -0.713. The topological polar surface area (TPSA) is 75.5 Å². The first-order valence-corrected chi connectivity index (χ1v) is 6.53. The minimum absolute atomic E-state index is 0.0380. The summed E-state index contributed by atoms with van der Waals surface area (Å²) in [7, 11) is 0. The van der Waals surface area contributed by atoms with Gasteiger partial charge in [-0.2, -0.15) is 0 Å². The molecule has 6 nitrogen and oxygen atoms in total. The molecule has 0 radical (unpaired) electrons. The Morgan fingerprint density at radius 1 is 1.45 bits per heavy atom. The van der Waals surface area contributed by atoms with Crippen LogP contribution in [0.15, 0.2) is 18.2 Å². The maximum Gasteiger partial charge on any atom is 0.285 e. The third kappa shape index (κ3) is 2.03. The molecule has 2 saturated heterocycles. The Bertz CT molecular complexity index is 578. The summed E-state index contributed by atoms with van der Waals surface area (Å²) in [6.45, 7) is 2.19. The van der Waals surface area contributed by atoms with Crippen LogP contribution in [0.3, 0.4) is 0 Å². The highest BCUT2D eigenvalue weighted by Crippen LogP contribution is 2.30. The van der Waals surface area contributed by atoms with Crippen molar-refractivity contribution in [2.75, 3.05) is 19.6 Å². The summed E-state index contributed by atoms with van der Waals surface area (Å²) >= 11 is 0. The average molecular weight is 279 g/mol. The number of nitro groups is 1. The largest absolute Gasteiger partial charge is 0.334 e. The van der Waals surface area contributed by atoms with Crippen molar-refractivity contribution in [2.45, 2.75) is 12.5 Å². The summed E-state index contributed by atoms with van der Waals surface area (Å²) in [4.78, 5) is 24.4. The first-order valence-electron chi connectivity index (χ1n) is 6.53. The number of carbonyl (C=O) groups is 1.